The number of pyridine rings is 1. The van der Waals surface area contributed by atoms with Crippen molar-refractivity contribution < 1.29 is 4.79 Å². The van der Waals surface area contributed by atoms with E-state index in [1.54, 1.807) is 0 Å². The Morgan fingerprint density at radius 3 is 2.50 bits per heavy atom. The van der Waals surface area contributed by atoms with Crippen LogP contribution in [0.2, 0.25) is 0 Å². The fraction of sp³-hybridized carbons (Fsp3) is 0.538. The number of aromatic amines is 1. The maximum absolute atomic E-state index is 11.9. The quantitative estimate of drug-likeness (QED) is 0.791. The minimum Gasteiger partial charge on any atom is -0.351 e. The molecule has 0 aliphatic heterocycles. The predicted octanol–water partition coefficient (Wildman–Crippen LogP) is 2.31. The van der Waals surface area contributed by atoms with Gasteiger partial charge in [0.15, 0.2) is 0 Å². The number of amides is 1. The number of halogens is 1. The van der Waals surface area contributed by atoms with Gasteiger partial charge in [0.2, 0.25) is 5.56 Å². The van der Waals surface area contributed by atoms with Crippen LogP contribution in [-0.2, 0) is 0 Å². The summed E-state index contributed by atoms with van der Waals surface area (Å²) in [5, 5.41) is 3.78. The van der Waals surface area contributed by atoms with Gasteiger partial charge < -0.3 is 10.3 Å². The minimum absolute atomic E-state index is 0.0951. The molecule has 0 spiro atoms. The number of H-pyrrole nitrogens is 1. The highest BCUT2D eigenvalue weighted by molar-refractivity contribution is 9.09. The summed E-state index contributed by atoms with van der Waals surface area (Å²) in [6.45, 7) is 4.87. The minimum atomic E-state index is -0.205. The van der Waals surface area contributed by atoms with Gasteiger partial charge in [0, 0.05) is 24.1 Å². The Labute approximate surface area is 115 Å². The van der Waals surface area contributed by atoms with Crippen LogP contribution in [0, 0.1) is 5.41 Å². The van der Waals surface area contributed by atoms with Crippen LogP contribution in [0.15, 0.2) is 23.1 Å². The average Bonchev–Trinajstić information content (AvgIpc) is 2.41. The second kappa shape index (κ2) is 6.73. The van der Waals surface area contributed by atoms with Crippen molar-refractivity contribution in [2.75, 3.05) is 11.9 Å². The molecule has 0 fully saturated rings. The number of carbonyl (C=O) groups is 1. The Kier molecular flexibility index (Phi) is 5.59. The van der Waals surface area contributed by atoms with E-state index in [2.05, 4.69) is 40.1 Å². The van der Waals surface area contributed by atoms with Gasteiger partial charge in [-0.15, -0.1) is 0 Å². The highest BCUT2D eigenvalue weighted by atomic mass is 79.9. The fourth-order valence-corrected chi connectivity index (χ4v) is 2.65. The van der Waals surface area contributed by atoms with E-state index < -0.39 is 0 Å². The van der Waals surface area contributed by atoms with Crippen molar-refractivity contribution in [2.45, 2.75) is 26.7 Å². The van der Waals surface area contributed by atoms with Gasteiger partial charge in [-0.05, 0) is 24.3 Å². The van der Waals surface area contributed by atoms with E-state index in [0.29, 0.717) is 12.1 Å². The van der Waals surface area contributed by atoms with E-state index in [-0.39, 0.29) is 16.9 Å². The molecule has 0 atom stereocenters. The van der Waals surface area contributed by atoms with E-state index in [1.807, 2.05) is 0 Å². The first kappa shape index (κ1) is 15.0. The van der Waals surface area contributed by atoms with Gasteiger partial charge in [-0.2, -0.15) is 0 Å². The summed E-state index contributed by atoms with van der Waals surface area (Å²) in [5.41, 5.74) is 0.367. The van der Waals surface area contributed by atoms with Gasteiger partial charge in [0.05, 0.1) is 5.56 Å². The highest BCUT2D eigenvalue weighted by Crippen LogP contribution is 2.27. The van der Waals surface area contributed by atoms with E-state index in [4.69, 9.17) is 0 Å². The molecule has 0 bridgehead atoms. The number of rotatable bonds is 6. The third kappa shape index (κ3) is 3.70. The van der Waals surface area contributed by atoms with Gasteiger partial charge in [0.1, 0.15) is 0 Å². The summed E-state index contributed by atoms with van der Waals surface area (Å²) in [6, 6.07) is 2.88. The normalized spacial score (nSPS) is 11.3. The summed E-state index contributed by atoms with van der Waals surface area (Å²) in [7, 11) is 0. The van der Waals surface area contributed by atoms with Crippen molar-refractivity contribution in [3.63, 3.8) is 0 Å². The van der Waals surface area contributed by atoms with E-state index in [1.165, 1.54) is 18.3 Å². The molecular weight excluding hydrogens is 296 g/mol. The first-order valence-electron chi connectivity index (χ1n) is 6.10. The molecule has 0 unspecified atom stereocenters. The lowest BCUT2D eigenvalue weighted by molar-refractivity contribution is 0.0932. The summed E-state index contributed by atoms with van der Waals surface area (Å²) < 4.78 is 0. The molecule has 0 saturated carbocycles. The second-order valence-corrected chi connectivity index (χ2v) is 5.03. The first-order valence-corrected chi connectivity index (χ1v) is 7.22. The van der Waals surface area contributed by atoms with Gasteiger partial charge in [-0.25, -0.2) is 0 Å². The summed E-state index contributed by atoms with van der Waals surface area (Å²) >= 11 is 3.51. The van der Waals surface area contributed by atoms with Crippen LogP contribution in [0.25, 0.3) is 0 Å². The SMILES string of the molecule is CCC(CC)(CBr)CNC(=O)c1ccc(=O)[nH]c1. The van der Waals surface area contributed by atoms with Gasteiger partial charge >= 0.3 is 0 Å². The number of aromatic nitrogens is 1. The van der Waals surface area contributed by atoms with Crippen molar-refractivity contribution in [3.8, 4) is 0 Å². The predicted molar refractivity (Wildman–Crippen MR) is 76.2 cm³/mol. The van der Waals surface area contributed by atoms with E-state index >= 15 is 0 Å². The number of hydrogen-bond donors (Lipinski definition) is 2. The Bertz CT molecular complexity index is 424. The molecule has 0 aliphatic rings. The molecule has 18 heavy (non-hydrogen) atoms. The third-order valence-electron chi connectivity index (χ3n) is 3.45. The smallest absolute Gasteiger partial charge is 0.252 e. The molecule has 5 heteroatoms. The Balaban J connectivity index is 2.65. The lowest BCUT2D eigenvalue weighted by Crippen LogP contribution is -2.38. The third-order valence-corrected chi connectivity index (χ3v) is 4.64. The molecule has 1 rings (SSSR count). The zero-order valence-electron chi connectivity index (χ0n) is 10.8. The number of nitrogens with one attached hydrogen (secondary N) is 2. The zero-order chi connectivity index (χ0) is 13.6. The fourth-order valence-electron chi connectivity index (χ4n) is 1.66. The maximum atomic E-state index is 11.9. The number of alkyl halides is 1. The van der Waals surface area contributed by atoms with Crippen LogP contribution >= 0.6 is 15.9 Å². The van der Waals surface area contributed by atoms with E-state index in [0.717, 1.165) is 18.2 Å². The lowest BCUT2D eigenvalue weighted by Gasteiger charge is -2.29. The molecule has 1 aromatic rings. The van der Waals surface area contributed by atoms with Gasteiger partial charge in [-0.3, -0.25) is 9.59 Å². The molecule has 1 amide bonds. The monoisotopic (exact) mass is 314 g/mol. The van der Waals surface area contributed by atoms with Crippen LogP contribution in [0.5, 0.6) is 0 Å². The zero-order valence-corrected chi connectivity index (χ0v) is 12.3. The number of carbonyl (C=O) groups excluding carboxylic acids is 1. The molecule has 1 aromatic heterocycles. The van der Waals surface area contributed by atoms with Crippen LogP contribution in [-0.4, -0.2) is 22.8 Å². The van der Waals surface area contributed by atoms with E-state index in [9.17, 15) is 9.59 Å². The van der Waals surface area contributed by atoms with Crippen LogP contribution < -0.4 is 10.9 Å². The first-order chi connectivity index (χ1) is 8.56. The highest BCUT2D eigenvalue weighted by Gasteiger charge is 2.25. The molecule has 1 heterocycles. The van der Waals surface area contributed by atoms with Crippen molar-refractivity contribution >= 4 is 21.8 Å². The molecule has 0 radical (unpaired) electrons. The molecule has 2 N–H and O–H groups in total. The standard InChI is InChI=1S/C13H19BrN2O2/c1-3-13(4-2,8-14)9-16-12(18)10-5-6-11(17)15-7-10/h5-7H,3-4,8-9H2,1-2H3,(H,15,17)(H,16,18). The van der Waals surface area contributed by atoms with Crippen LogP contribution in [0.4, 0.5) is 0 Å². The van der Waals surface area contributed by atoms with Crippen LogP contribution in [0.1, 0.15) is 37.0 Å². The molecule has 100 valence electrons. The maximum Gasteiger partial charge on any atom is 0.252 e. The van der Waals surface area contributed by atoms with Crippen molar-refractivity contribution in [3.05, 3.63) is 34.2 Å². The van der Waals surface area contributed by atoms with Gasteiger partial charge in [-0.1, -0.05) is 29.8 Å². The summed E-state index contributed by atoms with van der Waals surface area (Å²) in [4.78, 5) is 25.3. The Morgan fingerprint density at radius 1 is 1.39 bits per heavy atom. The molecule has 0 saturated heterocycles. The Morgan fingerprint density at radius 2 is 2.06 bits per heavy atom. The Hall–Kier alpha value is -1.10. The summed E-state index contributed by atoms with van der Waals surface area (Å²) in [5.74, 6) is -0.154. The topological polar surface area (TPSA) is 62.0 Å². The molecule has 0 aliphatic carbocycles. The average molecular weight is 315 g/mol. The van der Waals surface area contributed by atoms with Crippen molar-refractivity contribution in [1.82, 2.24) is 10.3 Å². The van der Waals surface area contributed by atoms with Gasteiger partial charge in [0.25, 0.3) is 5.91 Å². The summed E-state index contributed by atoms with van der Waals surface area (Å²) in [6.07, 6.45) is 3.44. The molecule has 4 nitrogen and oxygen atoms in total. The molecular formula is C13H19BrN2O2. The van der Waals surface area contributed by atoms with Crippen molar-refractivity contribution in [2.24, 2.45) is 5.41 Å². The van der Waals surface area contributed by atoms with Crippen molar-refractivity contribution in [1.29, 1.82) is 0 Å². The van der Waals surface area contributed by atoms with Crippen LogP contribution in [0.3, 0.4) is 0 Å². The lowest BCUT2D eigenvalue weighted by atomic mass is 9.84. The largest absolute Gasteiger partial charge is 0.351 e. The second-order valence-electron chi connectivity index (χ2n) is 4.47. The number of hydrogen-bond acceptors (Lipinski definition) is 2. The molecule has 0 aromatic carbocycles.